The van der Waals surface area contributed by atoms with Crippen LogP contribution < -0.4 is 0 Å². The maximum Gasteiger partial charge on any atom is 0.0934 e. The highest BCUT2D eigenvalue weighted by Crippen LogP contribution is 2.36. The van der Waals surface area contributed by atoms with Gasteiger partial charge in [-0.3, -0.25) is 0 Å². The highest BCUT2D eigenvalue weighted by atomic mass is 35.5. The second-order valence-corrected chi connectivity index (χ2v) is 8.65. The van der Waals surface area contributed by atoms with E-state index in [9.17, 15) is 0 Å². The van der Waals surface area contributed by atoms with Crippen molar-refractivity contribution in [1.29, 1.82) is 0 Å². The number of hydrogen-bond acceptors (Lipinski definition) is 1. The first-order valence-electron chi connectivity index (χ1n) is 8.30. The van der Waals surface area contributed by atoms with Gasteiger partial charge in [-0.1, -0.05) is 81.7 Å². The lowest BCUT2D eigenvalue weighted by Crippen LogP contribution is -2.00. The summed E-state index contributed by atoms with van der Waals surface area (Å²) in [6.07, 6.45) is 0. The lowest BCUT2D eigenvalue weighted by atomic mass is 10.1. The summed E-state index contributed by atoms with van der Waals surface area (Å²) in [6.45, 7) is 0. The van der Waals surface area contributed by atoms with E-state index >= 15 is 0 Å². The lowest BCUT2D eigenvalue weighted by Gasteiger charge is -2.10. The molecular weight excluding hydrogens is 493 g/mol. The van der Waals surface area contributed by atoms with Crippen LogP contribution in [0.5, 0.6) is 0 Å². The first-order chi connectivity index (χ1) is 13.8. The minimum atomic E-state index is 0.440. The van der Waals surface area contributed by atoms with Crippen molar-refractivity contribution in [3.63, 3.8) is 0 Å². The van der Waals surface area contributed by atoms with E-state index in [2.05, 4.69) is 0 Å². The van der Waals surface area contributed by atoms with Crippen molar-refractivity contribution >= 4 is 69.6 Å². The molecule has 1 aromatic heterocycles. The van der Waals surface area contributed by atoms with Crippen molar-refractivity contribution in [2.75, 3.05) is 0 Å². The number of halogens is 6. The Bertz CT molecular complexity index is 1230. The topological polar surface area (TPSA) is 17.8 Å². The van der Waals surface area contributed by atoms with Crippen LogP contribution in [0.2, 0.25) is 30.1 Å². The van der Waals surface area contributed by atoms with E-state index in [4.69, 9.17) is 74.7 Å². The Morgan fingerprint density at radius 1 is 0.552 bits per heavy atom. The van der Waals surface area contributed by atoms with Crippen LogP contribution in [-0.2, 0) is 0 Å². The van der Waals surface area contributed by atoms with Gasteiger partial charge in [0.05, 0.1) is 42.2 Å². The zero-order valence-corrected chi connectivity index (χ0v) is 19.0. The quantitative estimate of drug-likeness (QED) is 0.273. The molecule has 0 aliphatic carbocycles. The van der Waals surface area contributed by atoms with Crippen molar-refractivity contribution in [1.82, 2.24) is 9.78 Å². The molecule has 1 heterocycles. The third kappa shape index (κ3) is 4.25. The molecule has 0 aliphatic rings. The van der Waals surface area contributed by atoms with Crippen LogP contribution in [0, 0.1) is 0 Å². The first-order valence-corrected chi connectivity index (χ1v) is 10.6. The maximum absolute atomic E-state index is 6.45. The minimum absolute atomic E-state index is 0.440. The van der Waals surface area contributed by atoms with E-state index in [0.717, 1.165) is 16.8 Å². The van der Waals surface area contributed by atoms with Gasteiger partial charge >= 0.3 is 0 Å². The van der Waals surface area contributed by atoms with E-state index in [0.29, 0.717) is 41.5 Å². The van der Waals surface area contributed by atoms with Crippen molar-refractivity contribution in [2.45, 2.75) is 0 Å². The molecule has 0 unspecified atom stereocenters. The Morgan fingerprint density at radius 3 is 1.79 bits per heavy atom. The Kier molecular flexibility index (Phi) is 6.04. The molecule has 0 bridgehead atoms. The third-order valence-corrected chi connectivity index (χ3v) is 6.29. The molecule has 0 saturated carbocycles. The van der Waals surface area contributed by atoms with Gasteiger partial charge in [0.25, 0.3) is 0 Å². The molecule has 8 heteroatoms. The average molecular weight is 503 g/mol. The standard InChI is InChI=1S/C21H10Cl6N2/c22-13-3-6-20(18(27)9-13)29-21(12-2-5-15(24)17(26)8-12)10-19(28-29)11-1-4-14(23)16(25)7-11/h1-10H. The predicted octanol–water partition coefficient (Wildman–Crippen LogP) is 9.13. The molecule has 0 atom stereocenters. The Hall–Kier alpha value is -1.39. The van der Waals surface area contributed by atoms with Crippen LogP contribution in [0.25, 0.3) is 28.2 Å². The van der Waals surface area contributed by atoms with Crippen LogP contribution in [-0.4, -0.2) is 9.78 Å². The van der Waals surface area contributed by atoms with Crippen LogP contribution in [0.1, 0.15) is 0 Å². The fraction of sp³-hybridized carbons (Fsp3) is 0. The normalized spacial score (nSPS) is 11.1. The van der Waals surface area contributed by atoms with Gasteiger partial charge in [-0.05, 0) is 48.5 Å². The largest absolute Gasteiger partial charge is 0.231 e. The second-order valence-electron chi connectivity index (χ2n) is 6.18. The summed E-state index contributed by atoms with van der Waals surface area (Å²) in [5.74, 6) is 0. The summed E-state index contributed by atoms with van der Waals surface area (Å²) >= 11 is 37.1. The zero-order chi connectivity index (χ0) is 20.7. The summed E-state index contributed by atoms with van der Waals surface area (Å²) in [6, 6.07) is 17.9. The Morgan fingerprint density at radius 2 is 1.17 bits per heavy atom. The molecule has 4 rings (SSSR count). The van der Waals surface area contributed by atoms with Gasteiger partial charge in [0.1, 0.15) is 0 Å². The number of rotatable bonds is 3. The van der Waals surface area contributed by atoms with Gasteiger partial charge < -0.3 is 0 Å². The van der Waals surface area contributed by atoms with E-state index in [-0.39, 0.29) is 0 Å². The van der Waals surface area contributed by atoms with Gasteiger partial charge in [-0.2, -0.15) is 5.10 Å². The summed E-state index contributed by atoms with van der Waals surface area (Å²) in [4.78, 5) is 0. The van der Waals surface area contributed by atoms with Crippen LogP contribution >= 0.6 is 69.6 Å². The van der Waals surface area contributed by atoms with E-state index < -0.39 is 0 Å². The third-order valence-electron chi connectivity index (χ3n) is 4.28. The summed E-state index contributed by atoms with van der Waals surface area (Å²) < 4.78 is 1.73. The number of benzene rings is 3. The molecule has 0 spiro atoms. The fourth-order valence-electron chi connectivity index (χ4n) is 2.88. The van der Waals surface area contributed by atoms with Crippen LogP contribution in [0.15, 0.2) is 60.7 Å². The van der Waals surface area contributed by atoms with E-state index in [1.165, 1.54) is 0 Å². The Labute approximate surface area is 197 Å². The molecule has 29 heavy (non-hydrogen) atoms. The number of hydrogen-bond donors (Lipinski definition) is 0. The van der Waals surface area contributed by atoms with Crippen molar-refractivity contribution in [3.8, 4) is 28.2 Å². The molecule has 4 aromatic rings. The highest BCUT2D eigenvalue weighted by Gasteiger charge is 2.17. The molecule has 3 aromatic carbocycles. The highest BCUT2D eigenvalue weighted by molar-refractivity contribution is 6.42. The molecule has 146 valence electrons. The van der Waals surface area contributed by atoms with E-state index in [1.54, 1.807) is 47.1 Å². The Balaban J connectivity index is 1.95. The molecule has 2 nitrogen and oxygen atoms in total. The van der Waals surface area contributed by atoms with Crippen molar-refractivity contribution in [2.24, 2.45) is 0 Å². The minimum Gasteiger partial charge on any atom is -0.231 e. The first kappa shape index (κ1) is 20.9. The van der Waals surface area contributed by atoms with Gasteiger partial charge in [-0.25, -0.2) is 4.68 Å². The lowest BCUT2D eigenvalue weighted by molar-refractivity contribution is 0.892. The van der Waals surface area contributed by atoms with Gasteiger partial charge in [0, 0.05) is 16.1 Å². The SMILES string of the molecule is Clc1ccc(-n2nc(-c3ccc(Cl)c(Cl)c3)cc2-c2ccc(Cl)c(Cl)c2)c(Cl)c1. The molecule has 0 amide bonds. The number of nitrogens with zero attached hydrogens (tertiary/aromatic N) is 2. The fourth-order valence-corrected chi connectivity index (χ4v) is 3.96. The zero-order valence-electron chi connectivity index (χ0n) is 14.4. The van der Waals surface area contributed by atoms with Gasteiger partial charge in [0.15, 0.2) is 0 Å². The molecular formula is C21H10Cl6N2. The molecule has 0 N–H and O–H groups in total. The number of aromatic nitrogens is 2. The molecule has 0 saturated heterocycles. The van der Waals surface area contributed by atoms with Crippen LogP contribution in [0.3, 0.4) is 0 Å². The van der Waals surface area contributed by atoms with Crippen molar-refractivity contribution < 1.29 is 0 Å². The summed E-state index contributed by atoms with van der Waals surface area (Å²) in [7, 11) is 0. The van der Waals surface area contributed by atoms with E-state index in [1.807, 2.05) is 18.2 Å². The smallest absolute Gasteiger partial charge is 0.0934 e. The monoisotopic (exact) mass is 500 g/mol. The molecule has 0 aliphatic heterocycles. The van der Waals surface area contributed by atoms with Gasteiger partial charge in [0.2, 0.25) is 0 Å². The average Bonchev–Trinajstić information content (AvgIpc) is 3.11. The summed E-state index contributed by atoms with van der Waals surface area (Å²) in [5, 5.41) is 7.57. The predicted molar refractivity (Wildman–Crippen MR) is 124 cm³/mol. The van der Waals surface area contributed by atoms with Crippen molar-refractivity contribution in [3.05, 3.63) is 90.8 Å². The molecule has 0 radical (unpaired) electrons. The summed E-state index contributed by atoms with van der Waals surface area (Å²) in [5.41, 5.74) is 3.77. The maximum atomic E-state index is 6.45. The molecule has 0 fully saturated rings. The van der Waals surface area contributed by atoms with Gasteiger partial charge in [-0.15, -0.1) is 0 Å². The second kappa shape index (κ2) is 8.39. The van der Waals surface area contributed by atoms with Crippen LogP contribution in [0.4, 0.5) is 0 Å².